The Bertz CT molecular complexity index is 259. The average molecular weight is 259 g/mol. The van der Waals surface area contributed by atoms with Crippen LogP contribution >= 0.6 is 8.25 Å². The summed E-state index contributed by atoms with van der Waals surface area (Å²) in [6.07, 6.45) is -1.04. The molecule has 0 heterocycles. The summed E-state index contributed by atoms with van der Waals surface area (Å²) in [7, 11) is -1.65. The van der Waals surface area contributed by atoms with Crippen molar-refractivity contribution in [2.24, 2.45) is 0 Å². The number of hydrogen-bond acceptors (Lipinski definition) is 4. The van der Waals surface area contributed by atoms with Gasteiger partial charge in [-0.3, -0.25) is 4.79 Å². The van der Waals surface area contributed by atoms with Gasteiger partial charge in [-0.25, -0.2) is 0 Å². The topological polar surface area (TPSA) is 72.8 Å². The molecule has 2 atom stereocenters. The predicted molar refractivity (Wildman–Crippen MR) is 51.4 cm³/mol. The fourth-order valence-electron chi connectivity index (χ4n) is 0.861. The minimum absolute atomic E-state index is 0.0144. The minimum atomic E-state index is -3.56. The average Bonchev–Trinajstić information content (AvgIpc) is 2.22. The summed E-state index contributed by atoms with van der Waals surface area (Å²) < 4.78 is 44.9. The van der Waals surface area contributed by atoms with E-state index in [0.29, 0.717) is 0 Å². The zero-order chi connectivity index (χ0) is 12.8. The summed E-state index contributed by atoms with van der Waals surface area (Å²) in [6.45, 7) is 0.530. The lowest BCUT2D eigenvalue weighted by Gasteiger charge is -2.15. The van der Waals surface area contributed by atoms with Gasteiger partial charge in [-0.1, -0.05) is 0 Å². The Morgan fingerprint density at radius 1 is 1.56 bits per heavy atom. The SMILES string of the molecule is COC(C)CCC(F)(F)C(=O)CO[P+](=O)O. The van der Waals surface area contributed by atoms with Gasteiger partial charge < -0.3 is 4.74 Å². The van der Waals surface area contributed by atoms with Crippen molar-refractivity contribution in [1.29, 1.82) is 0 Å². The quantitative estimate of drug-likeness (QED) is 0.671. The molecule has 0 saturated heterocycles. The third kappa shape index (κ3) is 6.17. The van der Waals surface area contributed by atoms with Crippen LogP contribution in [0.4, 0.5) is 8.78 Å². The highest BCUT2D eigenvalue weighted by Gasteiger charge is 2.39. The van der Waals surface area contributed by atoms with E-state index >= 15 is 0 Å². The van der Waals surface area contributed by atoms with Gasteiger partial charge >= 0.3 is 14.2 Å². The molecule has 94 valence electrons. The summed E-state index contributed by atoms with van der Waals surface area (Å²) in [4.78, 5) is 19.1. The Labute approximate surface area is 92.7 Å². The number of carbonyl (C=O) groups is 1. The second-order valence-corrected chi connectivity index (χ2v) is 3.96. The number of halogens is 2. The van der Waals surface area contributed by atoms with Gasteiger partial charge in [0, 0.05) is 18.1 Å². The van der Waals surface area contributed by atoms with Crippen LogP contribution < -0.4 is 0 Å². The van der Waals surface area contributed by atoms with Gasteiger partial charge in [-0.2, -0.15) is 8.78 Å². The van der Waals surface area contributed by atoms with Gasteiger partial charge in [0.1, 0.15) is 0 Å². The fourth-order valence-corrected chi connectivity index (χ4v) is 1.09. The van der Waals surface area contributed by atoms with Crippen LogP contribution in [-0.4, -0.2) is 36.4 Å². The monoisotopic (exact) mass is 259 g/mol. The highest BCUT2D eigenvalue weighted by molar-refractivity contribution is 7.32. The Morgan fingerprint density at radius 2 is 2.12 bits per heavy atom. The van der Waals surface area contributed by atoms with Crippen molar-refractivity contribution in [2.45, 2.75) is 31.8 Å². The lowest BCUT2D eigenvalue weighted by molar-refractivity contribution is -0.147. The molecule has 5 nitrogen and oxygen atoms in total. The van der Waals surface area contributed by atoms with Crippen LogP contribution in [0.2, 0.25) is 0 Å². The molecule has 0 saturated carbocycles. The molecule has 16 heavy (non-hydrogen) atoms. The molecule has 8 heteroatoms. The summed E-state index contributed by atoms with van der Waals surface area (Å²) in [5.41, 5.74) is 0. The highest BCUT2D eigenvalue weighted by Crippen LogP contribution is 2.25. The number of Topliss-reactive ketones (excluding diaryl/α,β-unsaturated/α-hetero) is 1. The molecule has 0 aromatic rings. The summed E-state index contributed by atoms with van der Waals surface area (Å²) in [5.74, 6) is -5.06. The van der Waals surface area contributed by atoms with E-state index < -0.39 is 33.0 Å². The van der Waals surface area contributed by atoms with Gasteiger partial charge in [0.25, 0.3) is 0 Å². The van der Waals surface area contributed by atoms with Crippen LogP contribution in [0.15, 0.2) is 0 Å². The van der Waals surface area contributed by atoms with Crippen molar-refractivity contribution in [3.63, 3.8) is 0 Å². The number of hydrogen-bond donors (Lipinski definition) is 1. The van der Waals surface area contributed by atoms with E-state index in [1.54, 1.807) is 6.92 Å². The van der Waals surface area contributed by atoms with E-state index in [4.69, 9.17) is 9.63 Å². The molecular weight excluding hydrogens is 245 g/mol. The molecule has 0 rings (SSSR count). The lowest BCUT2D eigenvalue weighted by Crippen LogP contribution is -2.32. The Morgan fingerprint density at radius 3 is 2.56 bits per heavy atom. The first-order valence-electron chi connectivity index (χ1n) is 4.52. The van der Waals surface area contributed by atoms with Gasteiger partial charge in [0.05, 0.1) is 6.10 Å². The Hall–Kier alpha value is -0.490. The molecule has 0 radical (unpaired) electrons. The van der Waals surface area contributed by atoms with E-state index in [0.717, 1.165) is 0 Å². The normalized spacial score (nSPS) is 14.7. The third-order valence-corrected chi connectivity index (χ3v) is 2.33. The highest BCUT2D eigenvalue weighted by atomic mass is 31.1. The molecule has 0 amide bonds. The van der Waals surface area contributed by atoms with Crippen molar-refractivity contribution >= 4 is 14.0 Å². The van der Waals surface area contributed by atoms with E-state index in [9.17, 15) is 18.1 Å². The number of carbonyl (C=O) groups excluding carboxylic acids is 1. The van der Waals surface area contributed by atoms with Crippen LogP contribution in [0.3, 0.4) is 0 Å². The van der Waals surface area contributed by atoms with Crippen LogP contribution in [0.5, 0.6) is 0 Å². The number of ether oxygens (including phenoxy) is 1. The zero-order valence-electron chi connectivity index (χ0n) is 8.98. The zero-order valence-corrected chi connectivity index (χ0v) is 9.88. The standard InChI is InChI=1S/C8H13F2O5P/c1-6(14-2)3-4-8(9,10)7(11)5-15-16(12)13/h6H,3-5H2,1-2H3/p+1. The van der Waals surface area contributed by atoms with Gasteiger partial charge in [-0.05, 0) is 13.3 Å². The minimum Gasteiger partial charge on any atom is -0.382 e. The summed E-state index contributed by atoms with van der Waals surface area (Å²) >= 11 is 0. The van der Waals surface area contributed by atoms with Crippen molar-refractivity contribution in [2.75, 3.05) is 13.7 Å². The van der Waals surface area contributed by atoms with E-state index in [-0.39, 0.29) is 12.5 Å². The molecule has 2 unspecified atom stereocenters. The first-order valence-corrected chi connectivity index (χ1v) is 5.65. The van der Waals surface area contributed by atoms with Crippen molar-refractivity contribution in [3.8, 4) is 0 Å². The van der Waals surface area contributed by atoms with Crippen molar-refractivity contribution in [3.05, 3.63) is 0 Å². The maximum absolute atomic E-state index is 13.1. The number of alkyl halides is 2. The van der Waals surface area contributed by atoms with Crippen LogP contribution in [0.25, 0.3) is 0 Å². The van der Waals surface area contributed by atoms with Gasteiger partial charge in [-0.15, -0.1) is 9.42 Å². The molecule has 0 fully saturated rings. The largest absolute Gasteiger partial charge is 0.695 e. The van der Waals surface area contributed by atoms with Crippen LogP contribution in [0, 0.1) is 0 Å². The second kappa shape index (κ2) is 6.96. The van der Waals surface area contributed by atoms with E-state index in [1.807, 2.05) is 0 Å². The molecule has 1 N–H and O–H groups in total. The summed E-state index contributed by atoms with van der Waals surface area (Å²) in [5, 5.41) is 0. The second-order valence-electron chi connectivity index (χ2n) is 3.22. The molecule has 0 bridgehead atoms. The molecule has 0 aromatic carbocycles. The number of ketones is 1. The maximum atomic E-state index is 13.1. The number of methoxy groups -OCH3 is 1. The third-order valence-electron chi connectivity index (χ3n) is 1.98. The molecule has 0 aromatic heterocycles. The smallest absolute Gasteiger partial charge is 0.382 e. The molecule has 0 aliphatic rings. The molecule has 0 spiro atoms. The summed E-state index contributed by atoms with van der Waals surface area (Å²) in [6, 6.07) is 0. The van der Waals surface area contributed by atoms with Crippen molar-refractivity contribution < 1.29 is 32.3 Å². The van der Waals surface area contributed by atoms with E-state index in [1.165, 1.54) is 7.11 Å². The van der Waals surface area contributed by atoms with Crippen LogP contribution in [-0.2, 0) is 18.6 Å². The predicted octanol–water partition coefficient (Wildman–Crippen LogP) is 1.67. The molecule has 0 aliphatic carbocycles. The first kappa shape index (κ1) is 15.5. The fraction of sp³-hybridized carbons (Fsp3) is 0.875. The van der Waals surface area contributed by atoms with Crippen LogP contribution in [0.1, 0.15) is 19.8 Å². The molecular formula is C8H14F2O5P+. The Balaban J connectivity index is 4.09. The number of rotatable bonds is 8. The Kier molecular flexibility index (Phi) is 6.74. The lowest BCUT2D eigenvalue weighted by atomic mass is 10.1. The maximum Gasteiger partial charge on any atom is 0.695 e. The first-order chi connectivity index (χ1) is 7.29. The van der Waals surface area contributed by atoms with E-state index in [2.05, 4.69) is 4.52 Å². The van der Waals surface area contributed by atoms with Gasteiger partial charge in [0.15, 0.2) is 6.61 Å². The molecule has 0 aliphatic heterocycles. The van der Waals surface area contributed by atoms with Gasteiger partial charge in [0.2, 0.25) is 5.78 Å². The van der Waals surface area contributed by atoms with Crippen molar-refractivity contribution in [1.82, 2.24) is 0 Å².